The Morgan fingerprint density at radius 2 is 1.38 bits per heavy atom. The number of rotatable bonds is 2. The molecular weight excluding hydrogens is 296 g/mol. The lowest BCUT2D eigenvalue weighted by Crippen LogP contribution is -2.22. The van der Waals surface area contributed by atoms with Crippen molar-refractivity contribution in [1.29, 1.82) is 0 Å². The van der Waals surface area contributed by atoms with Crippen LogP contribution in [0.15, 0.2) is 83.7 Å². The molecule has 1 heterocycles. The molecule has 0 saturated heterocycles. The Kier molecular flexibility index (Phi) is 3.47. The fourth-order valence-electron chi connectivity index (χ4n) is 2.96. The lowest BCUT2D eigenvalue weighted by Gasteiger charge is -2.12. The van der Waals surface area contributed by atoms with E-state index < -0.39 is 0 Å². The highest BCUT2D eigenvalue weighted by molar-refractivity contribution is 5.93. The van der Waals surface area contributed by atoms with E-state index in [-0.39, 0.29) is 5.56 Å². The Morgan fingerprint density at radius 3 is 2.12 bits per heavy atom. The van der Waals surface area contributed by atoms with Gasteiger partial charge in [-0.1, -0.05) is 66.7 Å². The van der Waals surface area contributed by atoms with Crippen LogP contribution in [0.5, 0.6) is 0 Å². The quantitative estimate of drug-likeness (QED) is 0.551. The van der Waals surface area contributed by atoms with E-state index in [2.05, 4.69) is 0 Å². The van der Waals surface area contributed by atoms with Crippen LogP contribution in [0.4, 0.5) is 0 Å². The van der Waals surface area contributed by atoms with E-state index in [0.717, 1.165) is 27.9 Å². The van der Waals surface area contributed by atoms with Crippen molar-refractivity contribution in [2.75, 3.05) is 0 Å². The molecule has 0 fully saturated rings. The van der Waals surface area contributed by atoms with Crippen LogP contribution in [-0.4, -0.2) is 9.78 Å². The minimum absolute atomic E-state index is 0.0976. The predicted octanol–water partition coefficient (Wildman–Crippen LogP) is 4.36. The standard InChI is InChI=1S/C21H16N2O/c1-15-9-5-8-14-19(15)23-21(24)18-13-7-6-12-17(18)20(22-23)16-10-3-2-4-11-16/h2-14H,1H3. The molecule has 0 spiro atoms. The summed E-state index contributed by atoms with van der Waals surface area (Å²) in [6.45, 7) is 1.99. The molecule has 116 valence electrons. The zero-order valence-corrected chi connectivity index (χ0v) is 13.3. The molecule has 0 N–H and O–H groups in total. The Morgan fingerprint density at radius 1 is 0.750 bits per heavy atom. The van der Waals surface area contributed by atoms with Gasteiger partial charge in [-0.25, -0.2) is 0 Å². The van der Waals surface area contributed by atoms with Gasteiger partial charge in [0.05, 0.1) is 16.8 Å². The summed E-state index contributed by atoms with van der Waals surface area (Å²) in [7, 11) is 0. The zero-order chi connectivity index (χ0) is 16.5. The van der Waals surface area contributed by atoms with Crippen molar-refractivity contribution in [3.8, 4) is 16.9 Å². The van der Waals surface area contributed by atoms with Crippen LogP contribution in [0.1, 0.15) is 5.56 Å². The summed E-state index contributed by atoms with van der Waals surface area (Å²) in [5.74, 6) is 0. The maximum absolute atomic E-state index is 13.0. The second-order valence-corrected chi connectivity index (χ2v) is 5.76. The zero-order valence-electron chi connectivity index (χ0n) is 13.3. The van der Waals surface area contributed by atoms with E-state index in [9.17, 15) is 4.79 Å². The summed E-state index contributed by atoms with van der Waals surface area (Å²) in [6.07, 6.45) is 0. The van der Waals surface area contributed by atoms with Gasteiger partial charge in [-0.3, -0.25) is 4.79 Å². The average Bonchev–Trinajstić information content (AvgIpc) is 2.64. The number of aromatic nitrogens is 2. The summed E-state index contributed by atoms with van der Waals surface area (Å²) >= 11 is 0. The van der Waals surface area contributed by atoms with Gasteiger partial charge in [0.25, 0.3) is 5.56 Å². The number of aryl methyl sites for hydroxylation is 1. The normalized spacial score (nSPS) is 10.9. The molecule has 0 radical (unpaired) electrons. The van der Waals surface area contributed by atoms with Gasteiger partial charge in [0.2, 0.25) is 0 Å². The highest BCUT2D eigenvalue weighted by Gasteiger charge is 2.13. The van der Waals surface area contributed by atoms with Crippen molar-refractivity contribution in [2.24, 2.45) is 0 Å². The average molecular weight is 312 g/mol. The molecule has 0 aliphatic carbocycles. The van der Waals surface area contributed by atoms with Gasteiger partial charge in [-0.2, -0.15) is 9.78 Å². The van der Waals surface area contributed by atoms with E-state index in [4.69, 9.17) is 5.10 Å². The lowest BCUT2D eigenvalue weighted by atomic mass is 10.0. The topological polar surface area (TPSA) is 34.9 Å². The predicted molar refractivity (Wildman–Crippen MR) is 97.5 cm³/mol. The number of nitrogens with zero attached hydrogens (tertiary/aromatic N) is 2. The van der Waals surface area contributed by atoms with Crippen molar-refractivity contribution in [1.82, 2.24) is 9.78 Å². The van der Waals surface area contributed by atoms with Crippen LogP contribution in [0, 0.1) is 6.92 Å². The minimum Gasteiger partial charge on any atom is -0.267 e. The smallest absolute Gasteiger partial charge is 0.267 e. The van der Waals surface area contributed by atoms with Gasteiger partial charge < -0.3 is 0 Å². The lowest BCUT2D eigenvalue weighted by molar-refractivity contribution is 0.820. The van der Waals surface area contributed by atoms with Crippen molar-refractivity contribution in [2.45, 2.75) is 6.92 Å². The van der Waals surface area contributed by atoms with Crippen molar-refractivity contribution in [3.63, 3.8) is 0 Å². The molecule has 3 aromatic carbocycles. The number of hydrogen-bond acceptors (Lipinski definition) is 2. The van der Waals surface area contributed by atoms with Gasteiger partial charge in [0.1, 0.15) is 0 Å². The second kappa shape index (κ2) is 5.78. The van der Waals surface area contributed by atoms with Crippen LogP contribution < -0.4 is 5.56 Å². The highest BCUT2D eigenvalue weighted by atomic mass is 16.1. The van der Waals surface area contributed by atoms with Gasteiger partial charge in [0.15, 0.2) is 0 Å². The molecule has 0 saturated carbocycles. The largest absolute Gasteiger partial charge is 0.279 e. The summed E-state index contributed by atoms with van der Waals surface area (Å²) in [5, 5.41) is 6.26. The van der Waals surface area contributed by atoms with Gasteiger partial charge in [-0.15, -0.1) is 0 Å². The van der Waals surface area contributed by atoms with Crippen LogP contribution in [0.3, 0.4) is 0 Å². The van der Waals surface area contributed by atoms with Crippen molar-refractivity contribution < 1.29 is 0 Å². The number of fused-ring (bicyclic) bond motifs is 1. The molecule has 0 unspecified atom stereocenters. The molecule has 4 aromatic rings. The van der Waals surface area contributed by atoms with E-state index in [0.29, 0.717) is 5.39 Å². The summed E-state index contributed by atoms with van der Waals surface area (Å²) < 4.78 is 1.51. The minimum atomic E-state index is -0.0976. The van der Waals surface area contributed by atoms with Crippen LogP contribution in [0.2, 0.25) is 0 Å². The molecule has 0 aliphatic rings. The van der Waals surface area contributed by atoms with E-state index >= 15 is 0 Å². The first-order valence-electron chi connectivity index (χ1n) is 7.89. The summed E-state index contributed by atoms with van der Waals surface area (Å²) in [5.41, 5.74) is 3.54. The fraction of sp³-hybridized carbons (Fsp3) is 0.0476. The Balaban J connectivity index is 2.12. The first-order valence-corrected chi connectivity index (χ1v) is 7.89. The maximum Gasteiger partial charge on any atom is 0.279 e. The fourth-order valence-corrected chi connectivity index (χ4v) is 2.96. The van der Waals surface area contributed by atoms with Crippen molar-refractivity contribution >= 4 is 10.8 Å². The van der Waals surface area contributed by atoms with Crippen LogP contribution in [-0.2, 0) is 0 Å². The van der Waals surface area contributed by atoms with Crippen LogP contribution in [0.25, 0.3) is 27.7 Å². The Labute approximate surface area is 139 Å². The molecule has 3 heteroatoms. The Bertz CT molecular complexity index is 1080. The molecule has 4 rings (SSSR count). The third-order valence-electron chi connectivity index (χ3n) is 4.20. The molecular formula is C21H16N2O. The van der Waals surface area contributed by atoms with E-state index in [1.807, 2.05) is 85.8 Å². The molecule has 1 aromatic heterocycles. The van der Waals surface area contributed by atoms with Gasteiger partial charge in [-0.05, 0) is 24.6 Å². The third-order valence-corrected chi connectivity index (χ3v) is 4.20. The van der Waals surface area contributed by atoms with Gasteiger partial charge >= 0.3 is 0 Å². The first kappa shape index (κ1) is 14.4. The number of benzene rings is 3. The molecule has 0 atom stereocenters. The number of hydrogen-bond donors (Lipinski definition) is 0. The summed E-state index contributed by atoms with van der Waals surface area (Å²) in [4.78, 5) is 13.0. The number of para-hydroxylation sites is 1. The van der Waals surface area contributed by atoms with Crippen LogP contribution >= 0.6 is 0 Å². The monoisotopic (exact) mass is 312 g/mol. The van der Waals surface area contributed by atoms with E-state index in [1.54, 1.807) is 0 Å². The van der Waals surface area contributed by atoms with E-state index in [1.165, 1.54) is 4.68 Å². The first-order chi connectivity index (χ1) is 11.8. The van der Waals surface area contributed by atoms with Crippen molar-refractivity contribution in [3.05, 3.63) is 94.8 Å². The molecule has 0 aliphatic heterocycles. The molecule has 0 amide bonds. The molecule has 0 bridgehead atoms. The SMILES string of the molecule is Cc1ccccc1-n1nc(-c2ccccc2)c2ccccc2c1=O. The summed E-state index contributed by atoms with van der Waals surface area (Å²) in [6, 6.07) is 25.4. The second-order valence-electron chi connectivity index (χ2n) is 5.76. The highest BCUT2D eigenvalue weighted by Crippen LogP contribution is 2.25. The maximum atomic E-state index is 13.0. The molecule has 3 nitrogen and oxygen atoms in total. The Hall–Kier alpha value is -3.20. The third kappa shape index (κ3) is 2.31. The molecule has 24 heavy (non-hydrogen) atoms. The van der Waals surface area contributed by atoms with Gasteiger partial charge in [0, 0.05) is 10.9 Å².